The summed E-state index contributed by atoms with van der Waals surface area (Å²) in [6.45, 7) is 1.90. The van der Waals surface area contributed by atoms with Crippen molar-refractivity contribution in [3.8, 4) is 0 Å². The van der Waals surface area contributed by atoms with Crippen molar-refractivity contribution in [1.82, 2.24) is 14.8 Å². The van der Waals surface area contributed by atoms with Crippen LogP contribution in [-0.4, -0.2) is 26.6 Å². The molecule has 1 aromatic carbocycles. The summed E-state index contributed by atoms with van der Waals surface area (Å²) >= 11 is 5.66. The van der Waals surface area contributed by atoms with Crippen LogP contribution < -0.4 is 10.6 Å². The van der Waals surface area contributed by atoms with Crippen molar-refractivity contribution in [2.75, 3.05) is 10.6 Å². The molecule has 0 radical (unpaired) electrons. The quantitative estimate of drug-likeness (QED) is 0.894. The molecule has 2 heterocycles. The first kappa shape index (κ1) is 15.4. The van der Waals surface area contributed by atoms with Crippen LogP contribution in [0.4, 0.5) is 16.0 Å². The molecule has 1 aromatic heterocycles. The fourth-order valence-corrected chi connectivity index (χ4v) is 2.45. The Morgan fingerprint density at radius 3 is 3.00 bits per heavy atom. The zero-order chi connectivity index (χ0) is 16.6. The van der Waals surface area contributed by atoms with Crippen LogP contribution in [0.3, 0.4) is 0 Å². The number of nitrogens with one attached hydrogen (secondary N) is 2. The average molecular weight is 338 g/mol. The zero-order valence-corrected chi connectivity index (χ0v) is 12.9. The minimum atomic E-state index is -0.756. The maximum absolute atomic E-state index is 13.1. The Labute approximate surface area is 135 Å². The Morgan fingerprint density at radius 2 is 2.30 bits per heavy atom. The van der Waals surface area contributed by atoms with E-state index in [1.54, 1.807) is 0 Å². The number of aromatic nitrogens is 3. The molecular weight excluding hydrogens is 325 g/mol. The third-order valence-corrected chi connectivity index (χ3v) is 3.70. The van der Waals surface area contributed by atoms with Gasteiger partial charge in [-0.25, -0.2) is 9.07 Å². The number of nitrogens with zero attached hydrogens (tertiary/aromatic N) is 3. The predicted molar refractivity (Wildman–Crippen MR) is 81.7 cm³/mol. The van der Waals surface area contributed by atoms with Gasteiger partial charge < -0.3 is 5.32 Å². The van der Waals surface area contributed by atoms with E-state index in [-0.39, 0.29) is 17.4 Å². The second-order valence-electron chi connectivity index (χ2n) is 5.04. The highest BCUT2D eigenvalue weighted by atomic mass is 35.5. The smallest absolute Gasteiger partial charge is 0.252 e. The van der Waals surface area contributed by atoms with E-state index in [0.29, 0.717) is 23.9 Å². The molecule has 9 heteroatoms. The van der Waals surface area contributed by atoms with Crippen molar-refractivity contribution in [2.24, 2.45) is 0 Å². The highest BCUT2D eigenvalue weighted by Gasteiger charge is 2.34. The second-order valence-corrected chi connectivity index (χ2v) is 5.44. The van der Waals surface area contributed by atoms with Crippen molar-refractivity contribution in [3.05, 3.63) is 34.9 Å². The Balaban J connectivity index is 1.71. The molecule has 1 aliphatic heterocycles. The van der Waals surface area contributed by atoms with Gasteiger partial charge in [-0.15, -0.1) is 0 Å². The first-order valence-electron chi connectivity index (χ1n) is 6.99. The first-order chi connectivity index (χ1) is 11.0. The normalized spacial score (nSPS) is 16.1. The predicted octanol–water partition coefficient (Wildman–Crippen LogP) is 2.15. The molecule has 1 aliphatic rings. The van der Waals surface area contributed by atoms with Crippen LogP contribution in [0.5, 0.6) is 0 Å². The van der Waals surface area contributed by atoms with E-state index in [1.807, 2.05) is 6.92 Å². The lowest BCUT2D eigenvalue weighted by atomic mass is 10.2. The van der Waals surface area contributed by atoms with Gasteiger partial charge in [0.05, 0.1) is 11.4 Å². The van der Waals surface area contributed by atoms with Crippen molar-refractivity contribution >= 4 is 35.1 Å². The van der Waals surface area contributed by atoms with E-state index in [4.69, 9.17) is 11.6 Å². The summed E-state index contributed by atoms with van der Waals surface area (Å²) in [4.78, 5) is 28.2. The van der Waals surface area contributed by atoms with E-state index < -0.39 is 17.8 Å². The number of hydrogen-bond acceptors (Lipinski definition) is 4. The number of rotatable bonds is 4. The standard InChI is InChI=1S/C14H13ClFN5O2/c1-2-11-18-14-19-13(23)10(21(14)20-11)6-12(22)17-7-3-4-9(16)8(15)5-7/h3-5,10H,2,6H2,1H3,(H,17,22)(H,18,19,20,23)/t10-/m0/s1. The molecule has 1 atom stereocenters. The van der Waals surface area contributed by atoms with Crippen LogP contribution in [0.2, 0.25) is 5.02 Å². The number of halogens is 2. The molecule has 2 N–H and O–H groups in total. The molecule has 7 nitrogen and oxygen atoms in total. The summed E-state index contributed by atoms with van der Waals surface area (Å²) in [5.41, 5.74) is 0.355. The number of benzene rings is 1. The number of hydrogen-bond donors (Lipinski definition) is 2. The highest BCUT2D eigenvalue weighted by molar-refractivity contribution is 6.31. The SMILES string of the molecule is CCc1nc2n(n1)[C@@H](CC(=O)Nc1ccc(F)c(Cl)c1)C(=O)N2. The summed E-state index contributed by atoms with van der Waals surface area (Å²) in [7, 11) is 0. The van der Waals surface area contributed by atoms with Crippen molar-refractivity contribution in [2.45, 2.75) is 25.8 Å². The fraction of sp³-hybridized carbons (Fsp3) is 0.286. The lowest BCUT2D eigenvalue weighted by molar-refractivity contribution is -0.123. The lowest BCUT2D eigenvalue weighted by Gasteiger charge is -2.10. The zero-order valence-electron chi connectivity index (χ0n) is 12.1. The van der Waals surface area contributed by atoms with Crippen LogP contribution in [0, 0.1) is 5.82 Å². The first-order valence-corrected chi connectivity index (χ1v) is 7.37. The Hall–Kier alpha value is -2.48. The Kier molecular flexibility index (Phi) is 3.99. The molecule has 3 rings (SSSR count). The molecular formula is C14H13ClFN5O2. The maximum Gasteiger partial charge on any atom is 0.252 e. The Morgan fingerprint density at radius 1 is 1.52 bits per heavy atom. The van der Waals surface area contributed by atoms with E-state index in [2.05, 4.69) is 20.7 Å². The third-order valence-electron chi connectivity index (χ3n) is 3.41. The van der Waals surface area contributed by atoms with Gasteiger partial charge in [-0.2, -0.15) is 10.1 Å². The number of fused-ring (bicyclic) bond motifs is 1. The minimum Gasteiger partial charge on any atom is -0.326 e. The van der Waals surface area contributed by atoms with Gasteiger partial charge in [-0.3, -0.25) is 14.9 Å². The van der Waals surface area contributed by atoms with Gasteiger partial charge in [0.25, 0.3) is 5.91 Å². The van der Waals surface area contributed by atoms with E-state index in [1.165, 1.54) is 16.8 Å². The third kappa shape index (κ3) is 3.02. The van der Waals surface area contributed by atoms with E-state index >= 15 is 0 Å². The molecule has 120 valence electrons. The number of carbonyl (C=O) groups is 2. The van der Waals surface area contributed by atoms with E-state index in [0.717, 1.165) is 6.07 Å². The van der Waals surface area contributed by atoms with Gasteiger partial charge >= 0.3 is 0 Å². The largest absolute Gasteiger partial charge is 0.326 e. The molecule has 0 unspecified atom stereocenters. The lowest BCUT2D eigenvalue weighted by Crippen LogP contribution is -2.24. The summed E-state index contributed by atoms with van der Waals surface area (Å²) < 4.78 is 14.5. The van der Waals surface area contributed by atoms with Crippen molar-refractivity contribution < 1.29 is 14.0 Å². The van der Waals surface area contributed by atoms with Crippen LogP contribution in [0.15, 0.2) is 18.2 Å². The summed E-state index contributed by atoms with van der Waals surface area (Å²) in [5.74, 6) is -0.381. The maximum atomic E-state index is 13.1. The molecule has 0 aliphatic carbocycles. The molecule has 0 fully saturated rings. The topological polar surface area (TPSA) is 88.9 Å². The van der Waals surface area contributed by atoms with Gasteiger partial charge in [-0.1, -0.05) is 18.5 Å². The number of anilines is 2. The summed E-state index contributed by atoms with van der Waals surface area (Å²) in [5, 5.41) is 9.27. The molecule has 23 heavy (non-hydrogen) atoms. The van der Waals surface area contributed by atoms with Crippen LogP contribution in [-0.2, 0) is 16.0 Å². The van der Waals surface area contributed by atoms with Gasteiger partial charge in [0.2, 0.25) is 11.9 Å². The molecule has 2 aromatic rings. The molecule has 0 bridgehead atoms. The van der Waals surface area contributed by atoms with Crippen LogP contribution in [0.25, 0.3) is 0 Å². The number of amides is 2. The van der Waals surface area contributed by atoms with E-state index in [9.17, 15) is 14.0 Å². The van der Waals surface area contributed by atoms with Gasteiger partial charge in [-0.05, 0) is 18.2 Å². The van der Waals surface area contributed by atoms with Crippen LogP contribution >= 0.6 is 11.6 Å². The second kappa shape index (κ2) is 5.96. The van der Waals surface area contributed by atoms with Gasteiger partial charge in [0, 0.05) is 12.1 Å². The van der Waals surface area contributed by atoms with Crippen molar-refractivity contribution in [3.63, 3.8) is 0 Å². The van der Waals surface area contributed by atoms with Gasteiger partial charge in [0.1, 0.15) is 11.9 Å². The number of carbonyl (C=O) groups excluding carboxylic acids is 2. The van der Waals surface area contributed by atoms with Gasteiger partial charge in [0.15, 0.2) is 5.82 Å². The minimum absolute atomic E-state index is 0.0902. The summed E-state index contributed by atoms with van der Waals surface area (Å²) in [6.07, 6.45) is 0.517. The molecule has 0 saturated heterocycles. The average Bonchev–Trinajstić information content (AvgIpc) is 3.02. The van der Waals surface area contributed by atoms with Crippen molar-refractivity contribution in [1.29, 1.82) is 0 Å². The van der Waals surface area contributed by atoms with Crippen LogP contribution in [0.1, 0.15) is 25.2 Å². The summed E-state index contributed by atoms with van der Waals surface area (Å²) in [6, 6.07) is 3.10. The molecule has 0 saturated carbocycles. The monoisotopic (exact) mass is 337 g/mol. The molecule has 0 spiro atoms. The highest BCUT2D eigenvalue weighted by Crippen LogP contribution is 2.26. The Bertz CT molecular complexity index is 791. The molecule has 2 amide bonds. The fourth-order valence-electron chi connectivity index (χ4n) is 2.27. The number of aryl methyl sites for hydroxylation is 1.